The second-order valence-corrected chi connectivity index (χ2v) is 7.90. The molecule has 0 aliphatic heterocycles. The normalized spacial score (nSPS) is 11.2. The Kier molecular flexibility index (Phi) is 8.41. The van der Waals surface area contributed by atoms with Crippen molar-refractivity contribution in [2.24, 2.45) is 0 Å². The van der Waals surface area contributed by atoms with Gasteiger partial charge in [0.25, 0.3) is 15.9 Å². The molecule has 0 fully saturated rings. The highest BCUT2D eigenvalue weighted by molar-refractivity contribution is 7.92. The Morgan fingerprint density at radius 2 is 1.79 bits per heavy atom. The Hall–Kier alpha value is -2.45. The van der Waals surface area contributed by atoms with Crippen LogP contribution in [-0.4, -0.2) is 34.1 Å². The van der Waals surface area contributed by atoms with E-state index in [0.717, 1.165) is 25.0 Å². The summed E-state index contributed by atoms with van der Waals surface area (Å²) in [7, 11) is -3.89. The van der Waals surface area contributed by atoms with Gasteiger partial charge < -0.3 is 10.1 Å². The monoisotopic (exact) mass is 408 g/mol. The number of sulfonamides is 1. The molecule has 28 heavy (non-hydrogen) atoms. The molecule has 0 bridgehead atoms. The van der Waals surface area contributed by atoms with Crippen molar-refractivity contribution in [3.8, 4) is 0 Å². The van der Waals surface area contributed by atoms with Crippen LogP contribution in [-0.2, 0) is 14.8 Å². The molecule has 6 nitrogen and oxygen atoms in total. The summed E-state index contributed by atoms with van der Waals surface area (Å²) in [5.74, 6) is -0.815. The quantitative estimate of drug-likeness (QED) is 0.557. The number of unbranched alkanes of at least 4 members (excludes halogenated alkanes) is 1. The van der Waals surface area contributed by atoms with Crippen LogP contribution in [0.3, 0.4) is 0 Å². The average Bonchev–Trinajstić information content (AvgIpc) is 2.69. The summed E-state index contributed by atoms with van der Waals surface area (Å²) in [6, 6.07) is 10.7. The van der Waals surface area contributed by atoms with E-state index < -0.39 is 15.8 Å². The molecule has 152 valence electrons. The molecule has 0 aliphatic rings. The number of hydrogen-bond acceptors (Lipinski definition) is 4. The minimum absolute atomic E-state index is 0.0487. The zero-order valence-corrected chi connectivity index (χ0v) is 16.6. The topological polar surface area (TPSA) is 84.5 Å². The Morgan fingerprint density at radius 3 is 2.50 bits per heavy atom. The molecule has 0 aliphatic carbocycles. The summed E-state index contributed by atoms with van der Waals surface area (Å²) in [6.45, 7) is 3.81. The van der Waals surface area contributed by atoms with Crippen molar-refractivity contribution in [1.82, 2.24) is 5.32 Å². The van der Waals surface area contributed by atoms with Crippen molar-refractivity contribution >= 4 is 21.6 Å². The van der Waals surface area contributed by atoms with Crippen LogP contribution in [0, 0.1) is 5.82 Å². The standard InChI is InChI=1S/C20H25FN2O4S/c1-2-3-13-27-14-5-12-22-20(24)16-6-4-7-19(15-16)28(25,26)23-18-10-8-17(21)9-11-18/h4,6-11,15,23H,2-3,5,12-14H2,1H3,(H,22,24). The van der Waals surface area contributed by atoms with Gasteiger partial charge in [0.2, 0.25) is 0 Å². The van der Waals surface area contributed by atoms with Gasteiger partial charge in [0, 0.05) is 31.0 Å². The number of amides is 1. The van der Waals surface area contributed by atoms with E-state index in [2.05, 4.69) is 17.0 Å². The highest BCUT2D eigenvalue weighted by Gasteiger charge is 2.16. The first-order valence-electron chi connectivity index (χ1n) is 9.17. The molecular formula is C20H25FN2O4S. The molecule has 0 saturated carbocycles. The maximum absolute atomic E-state index is 13.0. The van der Waals surface area contributed by atoms with Crippen molar-refractivity contribution in [1.29, 1.82) is 0 Å². The third kappa shape index (κ3) is 6.94. The molecule has 0 heterocycles. The highest BCUT2D eigenvalue weighted by atomic mass is 32.2. The van der Waals surface area contributed by atoms with Crippen molar-refractivity contribution in [3.05, 3.63) is 59.9 Å². The van der Waals surface area contributed by atoms with Crippen LogP contribution < -0.4 is 10.0 Å². The molecule has 0 radical (unpaired) electrons. The zero-order chi connectivity index (χ0) is 20.4. The predicted octanol–water partition coefficient (Wildman–Crippen LogP) is 3.56. The second kappa shape index (κ2) is 10.8. The van der Waals surface area contributed by atoms with Crippen LogP contribution in [0.25, 0.3) is 0 Å². The number of nitrogens with one attached hydrogen (secondary N) is 2. The fourth-order valence-corrected chi connectivity index (χ4v) is 3.47. The molecule has 0 unspecified atom stereocenters. The lowest BCUT2D eigenvalue weighted by atomic mass is 10.2. The van der Waals surface area contributed by atoms with E-state index in [-0.39, 0.29) is 22.1 Å². The summed E-state index contributed by atoms with van der Waals surface area (Å²) in [5, 5.41) is 2.75. The number of rotatable bonds is 11. The molecule has 2 N–H and O–H groups in total. The van der Waals surface area contributed by atoms with Gasteiger partial charge in [0.1, 0.15) is 5.82 Å². The molecule has 2 aromatic carbocycles. The number of benzene rings is 2. The van der Waals surface area contributed by atoms with Gasteiger partial charge in [0.05, 0.1) is 4.90 Å². The molecule has 0 atom stereocenters. The minimum atomic E-state index is -3.89. The first kappa shape index (κ1) is 21.8. The number of hydrogen-bond donors (Lipinski definition) is 2. The van der Waals surface area contributed by atoms with Crippen LogP contribution in [0.4, 0.5) is 10.1 Å². The molecule has 0 saturated heterocycles. The zero-order valence-electron chi connectivity index (χ0n) is 15.8. The maximum atomic E-state index is 13.0. The summed E-state index contributed by atoms with van der Waals surface area (Å²) in [5.41, 5.74) is 0.480. The number of halogens is 1. The SMILES string of the molecule is CCCCOCCCNC(=O)c1cccc(S(=O)(=O)Nc2ccc(F)cc2)c1. The van der Waals surface area contributed by atoms with E-state index in [1.807, 2.05) is 0 Å². The number of carbonyl (C=O) groups is 1. The fraction of sp³-hybridized carbons (Fsp3) is 0.350. The van der Waals surface area contributed by atoms with Crippen molar-refractivity contribution in [2.75, 3.05) is 24.5 Å². The molecule has 0 spiro atoms. The molecule has 2 aromatic rings. The summed E-state index contributed by atoms with van der Waals surface area (Å²) >= 11 is 0. The van der Waals surface area contributed by atoms with Crippen LogP contribution in [0.5, 0.6) is 0 Å². The minimum Gasteiger partial charge on any atom is -0.381 e. The van der Waals surface area contributed by atoms with Gasteiger partial charge in [0.15, 0.2) is 0 Å². The number of anilines is 1. The van der Waals surface area contributed by atoms with Crippen molar-refractivity contribution < 1.29 is 22.3 Å². The van der Waals surface area contributed by atoms with Gasteiger partial charge in [-0.3, -0.25) is 9.52 Å². The Labute approximate surface area is 165 Å². The lowest BCUT2D eigenvalue weighted by Gasteiger charge is -2.10. The van der Waals surface area contributed by atoms with Gasteiger partial charge in [-0.25, -0.2) is 12.8 Å². The highest BCUT2D eigenvalue weighted by Crippen LogP contribution is 2.17. The van der Waals surface area contributed by atoms with E-state index >= 15 is 0 Å². The number of ether oxygens (including phenoxy) is 1. The lowest BCUT2D eigenvalue weighted by molar-refractivity contribution is 0.0940. The van der Waals surface area contributed by atoms with E-state index in [1.165, 1.54) is 30.3 Å². The third-order valence-electron chi connectivity index (χ3n) is 3.90. The van der Waals surface area contributed by atoms with Gasteiger partial charge in [-0.2, -0.15) is 0 Å². The Morgan fingerprint density at radius 1 is 1.07 bits per heavy atom. The third-order valence-corrected chi connectivity index (χ3v) is 5.28. The van der Waals surface area contributed by atoms with Crippen LogP contribution >= 0.6 is 0 Å². The van der Waals surface area contributed by atoms with Crippen LogP contribution in [0.15, 0.2) is 53.4 Å². The van der Waals surface area contributed by atoms with Crippen LogP contribution in [0.2, 0.25) is 0 Å². The lowest BCUT2D eigenvalue weighted by Crippen LogP contribution is -2.25. The van der Waals surface area contributed by atoms with Crippen LogP contribution in [0.1, 0.15) is 36.5 Å². The predicted molar refractivity (Wildman–Crippen MR) is 106 cm³/mol. The summed E-state index contributed by atoms with van der Waals surface area (Å²) in [4.78, 5) is 12.2. The molecule has 0 aromatic heterocycles. The maximum Gasteiger partial charge on any atom is 0.261 e. The van der Waals surface area contributed by atoms with Gasteiger partial charge in [-0.15, -0.1) is 0 Å². The van der Waals surface area contributed by atoms with Crippen molar-refractivity contribution in [3.63, 3.8) is 0 Å². The summed E-state index contributed by atoms with van der Waals surface area (Å²) < 4.78 is 45.7. The van der Waals surface area contributed by atoms with E-state index in [1.54, 1.807) is 6.07 Å². The van der Waals surface area contributed by atoms with E-state index in [9.17, 15) is 17.6 Å². The molecule has 8 heteroatoms. The first-order valence-corrected chi connectivity index (χ1v) is 10.6. The molecule has 1 amide bonds. The smallest absolute Gasteiger partial charge is 0.261 e. The Bertz CT molecular complexity index is 870. The van der Waals surface area contributed by atoms with E-state index in [4.69, 9.17) is 4.74 Å². The van der Waals surface area contributed by atoms with E-state index in [0.29, 0.717) is 26.2 Å². The van der Waals surface area contributed by atoms with Gasteiger partial charge >= 0.3 is 0 Å². The average molecular weight is 408 g/mol. The number of carbonyl (C=O) groups excluding carboxylic acids is 1. The Balaban J connectivity index is 1.93. The molecular weight excluding hydrogens is 383 g/mol. The van der Waals surface area contributed by atoms with Gasteiger partial charge in [-0.1, -0.05) is 19.4 Å². The second-order valence-electron chi connectivity index (χ2n) is 6.22. The van der Waals surface area contributed by atoms with Gasteiger partial charge in [-0.05, 0) is 55.3 Å². The fourth-order valence-electron chi connectivity index (χ4n) is 2.36. The summed E-state index contributed by atoms with van der Waals surface area (Å²) in [6.07, 6.45) is 2.77. The molecule has 2 rings (SSSR count). The first-order chi connectivity index (χ1) is 13.4. The van der Waals surface area contributed by atoms with Crippen molar-refractivity contribution in [2.45, 2.75) is 31.1 Å². The largest absolute Gasteiger partial charge is 0.381 e.